The number of carbonyl (C=O) groups excluding carboxylic acids is 2. The number of methoxy groups -OCH3 is 2. The number of carbonyl (C=O) groups is 2. The van der Waals surface area contributed by atoms with E-state index in [1.165, 1.54) is 26.4 Å². The molecule has 0 N–H and O–H groups in total. The number of alkyl halides is 3. The summed E-state index contributed by atoms with van der Waals surface area (Å²) >= 11 is 0. The van der Waals surface area contributed by atoms with Crippen molar-refractivity contribution < 1.29 is 32.2 Å². The number of rotatable bonds is 9. The van der Waals surface area contributed by atoms with Gasteiger partial charge in [-0.1, -0.05) is 36.4 Å². The minimum atomic E-state index is -4.61. The summed E-state index contributed by atoms with van der Waals surface area (Å²) in [4.78, 5) is 29.3. The molecule has 0 aromatic heterocycles. The van der Waals surface area contributed by atoms with Gasteiger partial charge < -0.3 is 14.4 Å². The summed E-state index contributed by atoms with van der Waals surface area (Å²) in [5.74, 6) is -1.38. The van der Waals surface area contributed by atoms with E-state index in [9.17, 15) is 22.8 Å². The second-order valence-electron chi connectivity index (χ2n) is 7.06. The summed E-state index contributed by atoms with van der Waals surface area (Å²) in [5.41, 5.74) is -0.360. The molecule has 0 aliphatic carbocycles. The molecule has 1 heterocycles. The third-order valence-electron chi connectivity index (χ3n) is 5.00. The van der Waals surface area contributed by atoms with E-state index >= 15 is 0 Å². The van der Waals surface area contributed by atoms with E-state index in [1.807, 2.05) is 0 Å². The number of hydrogen-bond acceptors (Lipinski definition) is 5. The third kappa shape index (κ3) is 4.84. The highest BCUT2D eigenvalue weighted by molar-refractivity contribution is 6.45. The Hall–Kier alpha value is -3.17. The van der Waals surface area contributed by atoms with Gasteiger partial charge in [-0.3, -0.25) is 9.59 Å². The first-order valence-corrected chi connectivity index (χ1v) is 9.88. The Bertz CT molecular complexity index is 998. The molecule has 170 valence electrons. The number of halogens is 3. The van der Waals surface area contributed by atoms with Crippen LogP contribution in [-0.2, 0) is 25.2 Å². The Labute approximate surface area is 183 Å². The van der Waals surface area contributed by atoms with Crippen LogP contribution in [0.4, 0.5) is 18.9 Å². The highest BCUT2D eigenvalue weighted by atomic mass is 19.4. The SMILES string of the molecule is COCCN(CCOC)C1=C(c2ccccc2)C(=O)N(c2cccc(C(F)(F)F)c2)C1=O. The lowest BCUT2D eigenvalue weighted by Crippen LogP contribution is -2.37. The number of imide groups is 1. The van der Waals surface area contributed by atoms with Crippen LogP contribution in [0.2, 0.25) is 0 Å². The van der Waals surface area contributed by atoms with Crippen LogP contribution in [0.15, 0.2) is 60.3 Å². The summed E-state index contributed by atoms with van der Waals surface area (Å²) in [6, 6.07) is 12.8. The van der Waals surface area contributed by atoms with E-state index in [1.54, 1.807) is 35.2 Å². The monoisotopic (exact) mass is 448 g/mol. The van der Waals surface area contributed by atoms with Crippen molar-refractivity contribution >= 4 is 23.1 Å². The maximum atomic E-state index is 13.5. The highest BCUT2D eigenvalue weighted by Gasteiger charge is 2.43. The van der Waals surface area contributed by atoms with Crippen molar-refractivity contribution in [2.24, 2.45) is 0 Å². The number of amides is 2. The molecule has 0 bridgehead atoms. The van der Waals surface area contributed by atoms with Crippen LogP contribution >= 0.6 is 0 Å². The van der Waals surface area contributed by atoms with Gasteiger partial charge in [0.1, 0.15) is 5.70 Å². The zero-order chi connectivity index (χ0) is 23.3. The molecule has 0 spiro atoms. The Balaban J connectivity index is 2.11. The van der Waals surface area contributed by atoms with Gasteiger partial charge in [0.2, 0.25) is 0 Å². The molecule has 0 fully saturated rings. The molecule has 0 saturated carbocycles. The van der Waals surface area contributed by atoms with Crippen LogP contribution in [-0.4, -0.2) is 57.2 Å². The molecular weight excluding hydrogens is 425 g/mol. The average Bonchev–Trinajstić information content (AvgIpc) is 3.04. The molecule has 6 nitrogen and oxygen atoms in total. The molecular formula is C23H23F3N2O4. The summed E-state index contributed by atoms with van der Waals surface area (Å²) < 4.78 is 50.0. The molecule has 32 heavy (non-hydrogen) atoms. The molecule has 2 aromatic rings. The molecule has 2 amide bonds. The molecule has 1 aliphatic heterocycles. The zero-order valence-electron chi connectivity index (χ0n) is 17.7. The lowest BCUT2D eigenvalue weighted by Gasteiger charge is -2.25. The summed E-state index contributed by atoms with van der Waals surface area (Å²) in [7, 11) is 3.02. The van der Waals surface area contributed by atoms with E-state index in [2.05, 4.69) is 0 Å². The maximum Gasteiger partial charge on any atom is 0.416 e. The first-order valence-electron chi connectivity index (χ1n) is 9.88. The average molecular weight is 448 g/mol. The Morgan fingerprint density at radius 3 is 2.06 bits per heavy atom. The van der Waals surface area contributed by atoms with Gasteiger partial charge in [-0.05, 0) is 23.8 Å². The van der Waals surface area contributed by atoms with Gasteiger partial charge in [0.25, 0.3) is 11.8 Å². The minimum absolute atomic E-state index is 0.104. The van der Waals surface area contributed by atoms with Gasteiger partial charge in [0.15, 0.2) is 0 Å². The quantitative estimate of drug-likeness (QED) is 0.549. The van der Waals surface area contributed by atoms with Crippen LogP contribution < -0.4 is 4.90 Å². The second-order valence-corrected chi connectivity index (χ2v) is 7.06. The van der Waals surface area contributed by atoms with E-state index < -0.39 is 23.6 Å². The van der Waals surface area contributed by atoms with Gasteiger partial charge >= 0.3 is 6.18 Å². The van der Waals surface area contributed by atoms with Crippen molar-refractivity contribution in [3.8, 4) is 0 Å². The lowest BCUT2D eigenvalue weighted by molar-refractivity contribution is -0.137. The number of hydrogen-bond donors (Lipinski definition) is 0. The minimum Gasteiger partial charge on any atom is -0.383 e. The van der Waals surface area contributed by atoms with E-state index in [0.717, 1.165) is 17.0 Å². The molecule has 0 saturated heterocycles. The normalized spacial score (nSPS) is 14.5. The number of nitrogens with zero attached hydrogens (tertiary/aromatic N) is 2. The van der Waals surface area contributed by atoms with Crippen molar-refractivity contribution in [3.63, 3.8) is 0 Å². The molecule has 0 atom stereocenters. The van der Waals surface area contributed by atoms with E-state index in [-0.39, 0.29) is 30.2 Å². The van der Waals surface area contributed by atoms with Crippen LogP contribution in [0.5, 0.6) is 0 Å². The Morgan fingerprint density at radius 2 is 1.50 bits per heavy atom. The van der Waals surface area contributed by atoms with Crippen molar-refractivity contribution in [2.75, 3.05) is 45.4 Å². The van der Waals surface area contributed by atoms with Crippen molar-refractivity contribution in [1.82, 2.24) is 4.90 Å². The van der Waals surface area contributed by atoms with Crippen molar-refractivity contribution in [1.29, 1.82) is 0 Å². The Kier molecular flexibility index (Phi) is 7.32. The van der Waals surface area contributed by atoms with Crippen LogP contribution in [0.1, 0.15) is 11.1 Å². The van der Waals surface area contributed by atoms with Crippen molar-refractivity contribution in [2.45, 2.75) is 6.18 Å². The predicted octanol–water partition coefficient (Wildman–Crippen LogP) is 3.58. The standard InChI is InChI=1S/C23H23F3N2O4/c1-31-13-11-27(12-14-32-2)20-19(16-7-4-3-5-8-16)21(29)28(22(20)30)18-10-6-9-17(15-18)23(24,25)26/h3-10,15H,11-14H2,1-2H3. The summed E-state index contributed by atoms with van der Waals surface area (Å²) in [6.45, 7) is 1.14. The van der Waals surface area contributed by atoms with Gasteiger partial charge in [0, 0.05) is 27.3 Å². The first kappa shape index (κ1) is 23.5. The van der Waals surface area contributed by atoms with Crippen LogP contribution in [0.25, 0.3) is 5.57 Å². The van der Waals surface area contributed by atoms with Gasteiger partial charge in [-0.2, -0.15) is 13.2 Å². The smallest absolute Gasteiger partial charge is 0.383 e. The molecule has 0 radical (unpaired) electrons. The van der Waals surface area contributed by atoms with Crippen LogP contribution in [0.3, 0.4) is 0 Å². The largest absolute Gasteiger partial charge is 0.416 e. The predicted molar refractivity (Wildman–Crippen MR) is 113 cm³/mol. The van der Waals surface area contributed by atoms with E-state index in [0.29, 0.717) is 18.7 Å². The summed E-state index contributed by atoms with van der Waals surface area (Å²) in [6.07, 6.45) is -4.61. The number of benzene rings is 2. The molecule has 0 unspecified atom stereocenters. The van der Waals surface area contributed by atoms with Gasteiger partial charge in [-0.25, -0.2) is 4.90 Å². The topological polar surface area (TPSA) is 59.1 Å². The van der Waals surface area contributed by atoms with Gasteiger partial charge in [0.05, 0.1) is 30.0 Å². The highest BCUT2D eigenvalue weighted by Crippen LogP contribution is 2.37. The first-order chi connectivity index (χ1) is 15.3. The number of anilines is 1. The zero-order valence-corrected chi connectivity index (χ0v) is 17.7. The molecule has 2 aromatic carbocycles. The molecule has 3 rings (SSSR count). The fourth-order valence-electron chi connectivity index (χ4n) is 3.47. The fraction of sp³-hybridized carbons (Fsp3) is 0.304. The molecule has 9 heteroatoms. The number of ether oxygens (including phenoxy) is 2. The maximum absolute atomic E-state index is 13.5. The lowest BCUT2D eigenvalue weighted by atomic mass is 10.0. The van der Waals surface area contributed by atoms with Crippen LogP contribution in [0, 0.1) is 0 Å². The summed E-state index contributed by atoms with van der Waals surface area (Å²) in [5, 5.41) is 0. The Morgan fingerprint density at radius 1 is 0.875 bits per heavy atom. The fourth-order valence-corrected chi connectivity index (χ4v) is 3.47. The van der Waals surface area contributed by atoms with E-state index in [4.69, 9.17) is 9.47 Å². The molecule has 1 aliphatic rings. The second kappa shape index (κ2) is 9.97. The van der Waals surface area contributed by atoms with Gasteiger partial charge in [-0.15, -0.1) is 0 Å². The third-order valence-corrected chi connectivity index (χ3v) is 5.00. The van der Waals surface area contributed by atoms with Crippen molar-refractivity contribution in [3.05, 3.63) is 71.4 Å².